The Morgan fingerprint density at radius 1 is 1.58 bits per heavy atom. The summed E-state index contributed by atoms with van der Waals surface area (Å²) in [5, 5.41) is 0. The molecule has 0 saturated carbocycles. The molecule has 1 heterocycles. The fraction of sp³-hybridized carbons (Fsp3) is 0.875. The maximum absolute atomic E-state index is 10.9. The van der Waals surface area contributed by atoms with Gasteiger partial charge in [0.2, 0.25) is 0 Å². The van der Waals surface area contributed by atoms with Crippen LogP contribution in [0.15, 0.2) is 0 Å². The Kier molecular flexibility index (Phi) is 4.35. The van der Waals surface area contributed by atoms with E-state index < -0.39 is 11.2 Å². The molecule has 0 aromatic heterocycles. The van der Waals surface area contributed by atoms with E-state index in [9.17, 15) is 4.55 Å². The Morgan fingerprint density at radius 3 is 2.67 bits per heavy atom. The second-order valence-electron chi connectivity index (χ2n) is 3.04. The molecule has 0 amide bonds. The van der Waals surface area contributed by atoms with Crippen LogP contribution >= 0.6 is 0 Å². The molecule has 71 valence electrons. The van der Waals surface area contributed by atoms with Crippen molar-refractivity contribution in [3.05, 3.63) is 6.92 Å². The van der Waals surface area contributed by atoms with Gasteiger partial charge in [0, 0.05) is 13.1 Å². The van der Waals surface area contributed by atoms with Gasteiger partial charge in [-0.2, -0.15) is 0 Å². The normalized spacial score (nSPS) is 25.2. The van der Waals surface area contributed by atoms with Gasteiger partial charge in [0.05, 0.1) is 25.5 Å². The van der Waals surface area contributed by atoms with Crippen molar-refractivity contribution in [2.24, 2.45) is 0 Å². The molecule has 1 fully saturated rings. The molecular weight excluding hydrogens is 174 g/mol. The van der Waals surface area contributed by atoms with Gasteiger partial charge in [0.15, 0.2) is 0 Å². The zero-order chi connectivity index (χ0) is 8.97. The van der Waals surface area contributed by atoms with E-state index in [1.165, 1.54) is 0 Å². The van der Waals surface area contributed by atoms with Crippen LogP contribution in [0.4, 0.5) is 0 Å². The van der Waals surface area contributed by atoms with Crippen LogP contribution < -0.4 is 0 Å². The molecule has 2 atom stereocenters. The Balaban J connectivity index is 2.24. The third-order valence-electron chi connectivity index (χ3n) is 1.99. The number of ether oxygens (including phenoxy) is 1. The summed E-state index contributed by atoms with van der Waals surface area (Å²) in [6, 6.07) is 0.180. The molecule has 0 aromatic rings. The van der Waals surface area contributed by atoms with Crippen LogP contribution in [-0.2, 0) is 15.9 Å². The SMILES string of the molecule is [CH2]C(C[S+](C)[O-])N1CCOCC1. The van der Waals surface area contributed by atoms with Crippen LogP contribution in [-0.4, -0.2) is 53.8 Å². The van der Waals surface area contributed by atoms with Crippen molar-refractivity contribution >= 4 is 11.2 Å². The van der Waals surface area contributed by atoms with Crippen molar-refractivity contribution in [1.82, 2.24) is 4.90 Å². The zero-order valence-corrected chi connectivity index (χ0v) is 8.31. The smallest absolute Gasteiger partial charge is 0.120 e. The first-order chi connectivity index (χ1) is 5.70. The molecule has 4 heteroatoms. The molecule has 1 rings (SSSR count). The van der Waals surface area contributed by atoms with Crippen molar-refractivity contribution < 1.29 is 9.29 Å². The highest BCUT2D eigenvalue weighted by molar-refractivity contribution is 7.90. The highest BCUT2D eigenvalue weighted by Gasteiger charge is 2.19. The summed E-state index contributed by atoms with van der Waals surface area (Å²) in [5.41, 5.74) is 0. The standard InChI is InChI=1S/C8H16NO2S/c1-8(7-12(2)10)9-3-5-11-6-4-9/h8H,1,3-7H2,2H3. The van der Waals surface area contributed by atoms with Crippen molar-refractivity contribution in [1.29, 1.82) is 0 Å². The van der Waals surface area contributed by atoms with E-state index >= 15 is 0 Å². The molecular formula is C8H16NO2S. The van der Waals surface area contributed by atoms with Gasteiger partial charge in [-0.25, -0.2) is 0 Å². The van der Waals surface area contributed by atoms with Gasteiger partial charge in [-0.1, -0.05) is 11.2 Å². The summed E-state index contributed by atoms with van der Waals surface area (Å²) in [6.45, 7) is 7.38. The monoisotopic (exact) mass is 190 g/mol. The molecule has 0 spiro atoms. The molecule has 0 aliphatic carbocycles. The van der Waals surface area contributed by atoms with Gasteiger partial charge in [0.1, 0.15) is 5.75 Å². The summed E-state index contributed by atoms with van der Waals surface area (Å²) >= 11 is -0.742. The second kappa shape index (κ2) is 5.07. The molecule has 3 nitrogen and oxygen atoms in total. The second-order valence-corrected chi connectivity index (χ2v) is 4.52. The Morgan fingerprint density at radius 2 is 2.17 bits per heavy atom. The van der Waals surface area contributed by atoms with Crippen LogP contribution in [0, 0.1) is 6.92 Å². The molecule has 0 bridgehead atoms. The summed E-state index contributed by atoms with van der Waals surface area (Å²) in [5.74, 6) is 0.667. The highest BCUT2D eigenvalue weighted by Crippen LogP contribution is 2.04. The van der Waals surface area contributed by atoms with E-state index in [1.807, 2.05) is 0 Å². The van der Waals surface area contributed by atoms with Crippen LogP contribution in [0.2, 0.25) is 0 Å². The van der Waals surface area contributed by atoms with E-state index in [0.717, 1.165) is 26.3 Å². The van der Waals surface area contributed by atoms with Crippen molar-refractivity contribution in [2.75, 3.05) is 38.3 Å². The van der Waals surface area contributed by atoms with E-state index in [-0.39, 0.29) is 6.04 Å². The minimum absolute atomic E-state index is 0.180. The lowest BCUT2D eigenvalue weighted by atomic mass is 10.3. The number of nitrogens with zero attached hydrogens (tertiary/aromatic N) is 1. The predicted molar refractivity (Wildman–Crippen MR) is 50.5 cm³/mol. The average molecular weight is 190 g/mol. The molecule has 1 saturated heterocycles. The molecule has 0 N–H and O–H groups in total. The zero-order valence-electron chi connectivity index (χ0n) is 7.49. The molecule has 1 radical (unpaired) electrons. The average Bonchev–Trinajstić information content (AvgIpc) is 2.05. The Bertz CT molecular complexity index is 126. The van der Waals surface area contributed by atoms with Crippen LogP contribution in [0.1, 0.15) is 0 Å². The van der Waals surface area contributed by atoms with Crippen LogP contribution in [0.3, 0.4) is 0 Å². The highest BCUT2D eigenvalue weighted by atomic mass is 32.2. The summed E-state index contributed by atoms with van der Waals surface area (Å²) < 4.78 is 16.1. The minimum Gasteiger partial charge on any atom is -0.617 e. The summed E-state index contributed by atoms with van der Waals surface area (Å²) in [6.07, 6.45) is 1.72. The van der Waals surface area contributed by atoms with Crippen molar-refractivity contribution in [3.8, 4) is 0 Å². The minimum atomic E-state index is -0.742. The maximum Gasteiger partial charge on any atom is 0.120 e. The Hall–Kier alpha value is 0.230. The van der Waals surface area contributed by atoms with Gasteiger partial charge in [-0.05, 0) is 6.92 Å². The maximum atomic E-state index is 10.9. The van der Waals surface area contributed by atoms with Crippen molar-refractivity contribution in [2.45, 2.75) is 6.04 Å². The first-order valence-electron chi connectivity index (χ1n) is 4.15. The Labute approximate surface area is 77.3 Å². The largest absolute Gasteiger partial charge is 0.617 e. The molecule has 12 heavy (non-hydrogen) atoms. The number of hydrogen-bond acceptors (Lipinski definition) is 3. The third-order valence-corrected chi connectivity index (χ3v) is 2.84. The number of morpholine rings is 1. The van der Waals surface area contributed by atoms with E-state index in [0.29, 0.717) is 5.75 Å². The van der Waals surface area contributed by atoms with Gasteiger partial charge in [-0.15, -0.1) is 0 Å². The topological polar surface area (TPSA) is 35.5 Å². The lowest BCUT2D eigenvalue weighted by Gasteiger charge is -2.31. The van der Waals surface area contributed by atoms with E-state index in [1.54, 1.807) is 6.26 Å². The first-order valence-corrected chi connectivity index (χ1v) is 5.88. The van der Waals surface area contributed by atoms with Gasteiger partial charge in [0.25, 0.3) is 0 Å². The quantitative estimate of drug-likeness (QED) is 0.583. The van der Waals surface area contributed by atoms with Crippen LogP contribution in [0.25, 0.3) is 0 Å². The molecule has 1 aliphatic heterocycles. The van der Waals surface area contributed by atoms with E-state index in [4.69, 9.17) is 4.74 Å². The third kappa shape index (κ3) is 3.31. The lowest BCUT2D eigenvalue weighted by molar-refractivity contribution is 0.0287. The molecule has 2 unspecified atom stereocenters. The van der Waals surface area contributed by atoms with Gasteiger partial charge in [-0.3, -0.25) is 4.90 Å². The van der Waals surface area contributed by atoms with Crippen molar-refractivity contribution in [3.63, 3.8) is 0 Å². The van der Waals surface area contributed by atoms with Crippen LogP contribution in [0.5, 0.6) is 0 Å². The summed E-state index contributed by atoms with van der Waals surface area (Å²) in [7, 11) is 0. The number of hydrogen-bond donors (Lipinski definition) is 0. The van der Waals surface area contributed by atoms with Gasteiger partial charge >= 0.3 is 0 Å². The van der Waals surface area contributed by atoms with E-state index in [2.05, 4.69) is 11.8 Å². The fourth-order valence-corrected chi connectivity index (χ4v) is 2.07. The molecule has 0 aromatic carbocycles. The summed E-state index contributed by atoms with van der Waals surface area (Å²) in [4.78, 5) is 2.23. The number of rotatable bonds is 3. The fourth-order valence-electron chi connectivity index (χ4n) is 1.32. The predicted octanol–water partition coefficient (Wildman–Crippen LogP) is -0.100. The first kappa shape index (κ1) is 10.3. The lowest BCUT2D eigenvalue weighted by Crippen LogP contribution is -2.45. The molecule has 1 aliphatic rings. The van der Waals surface area contributed by atoms with Gasteiger partial charge < -0.3 is 9.29 Å².